The Bertz CT molecular complexity index is 605. The molecule has 0 saturated heterocycles. The third kappa shape index (κ3) is 2.74. The summed E-state index contributed by atoms with van der Waals surface area (Å²) in [6.45, 7) is 3.05. The summed E-state index contributed by atoms with van der Waals surface area (Å²) in [5.74, 6) is -0.867. The molecule has 104 valence electrons. The van der Waals surface area contributed by atoms with Crippen LogP contribution in [0.5, 0.6) is 0 Å². The Balaban J connectivity index is 2.42. The van der Waals surface area contributed by atoms with E-state index in [1.165, 1.54) is 11.8 Å². The minimum absolute atomic E-state index is 0.0111. The first-order chi connectivity index (χ1) is 9.04. The lowest BCUT2D eigenvalue weighted by atomic mass is 10.4. The monoisotopic (exact) mass is 284 g/mol. The topological polar surface area (TPSA) is 82.2 Å². The van der Waals surface area contributed by atoms with Gasteiger partial charge in [0.25, 0.3) is 0 Å². The highest BCUT2D eigenvalue weighted by atomic mass is 32.2. The number of carbonyl (C=O) groups is 1. The fraction of sp³-hybridized carbons (Fsp3) is 0.545. The van der Waals surface area contributed by atoms with Crippen LogP contribution >= 0.6 is 11.8 Å². The van der Waals surface area contributed by atoms with E-state index in [0.717, 1.165) is 16.9 Å². The molecule has 0 amide bonds. The van der Waals surface area contributed by atoms with E-state index in [1.807, 2.05) is 18.5 Å². The average molecular weight is 284 g/mol. The molecule has 7 nitrogen and oxygen atoms in total. The van der Waals surface area contributed by atoms with Crippen LogP contribution in [0.25, 0.3) is 11.2 Å². The summed E-state index contributed by atoms with van der Waals surface area (Å²) in [7, 11) is 3.48. The maximum atomic E-state index is 10.7. The van der Waals surface area contributed by atoms with Crippen molar-refractivity contribution in [2.45, 2.75) is 18.6 Å². The van der Waals surface area contributed by atoms with Gasteiger partial charge in [-0.2, -0.15) is 5.10 Å². The van der Waals surface area contributed by atoms with Gasteiger partial charge in [0.2, 0.25) is 0 Å². The summed E-state index contributed by atoms with van der Waals surface area (Å²) < 4.78 is 8.80. The van der Waals surface area contributed by atoms with E-state index in [2.05, 4.69) is 10.1 Å². The average Bonchev–Trinajstić information content (AvgIpc) is 2.84. The number of carboxylic acid groups (broad SMARTS) is 1. The van der Waals surface area contributed by atoms with Gasteiger partial charge in [0.1, 0.15) is 5.52 Å². The number of aliphatic carboxylic acids is 1. The highest BCUT2D eigenvalue weighted by molar-refractivity contribution is 7.99. The Labute approximate surface area is 114 Å². The maximum absolute atomic E-state index is 10.7. The summed E-state index contributed by atoms with van der Waals surface area (Å²) >= 11 is 1.21. The van der Waals surface area contributed by atoms with Gasteiger partial charge in [-0.1, -0.05) is 11.8 Å². The zero-order valence-electron chi connectivity index (χ0n) is 11.1. The number of thioether (sulfide) groups is 1. The van der Waals surface area contributed by atoms with E-state index in [9.17, 15) is 4.79 Å². The number of imidazole rings is 1. The Kier molecular flexibility index (Phi) is 4.11. The molecule has 2 aromatic rings. The number of hydrogen-bond donors (Lipinski definition) is 1. The van der Waals surface area contributed by atoms with E-state index in [-0.39, 0.29) is 5.75 Å². The van der Waals surface area contributed by atoms with Crippen molar-refractivity contribution in [3.63, 3.8) is 0 Å². The van der Waals surface area contributed by atoms with E-state index < -0.39 is 5.97 Å². The first kappa shape index (κ1) is 13.9. The van der Waals surface area contributed by atoms with E-state index in [4.69, 9.17) is 9.84 Å². The number of methoxy groups -OCH3 is 1. The number of carboxylic acids is 1. The zero-order valence-corrected chi connectivity index (χ0v) is 11.9. The number of ether oxygens (including phenoxy) is 1. The third-order valence-electron chi connectivity index (χ3n) is 2.70. The van der Waals surface area contributed by atoms with Crippen LogP contribution in [0.3, 0.4) is 0 Å². The van der Waals surface area contributed by atoms with Crippen molar-refractivity contribution in [2.24, 2.45) is 7.05 Å². The van der Waals surface area contributed by atoms with Gasteiger partial charge in [0.05, 0.1) is 24.6 Å². The summed E-state index contributed by atoms with van der Waals surface area (Å²) in [5, 5.41) is 13.8. The summed E-state index contributed by atoms with van der Waals surface area (Å²) in [4.78, 5) is 15.2. The van der Waals surface area contributed by atoms with Crippen molar-refractivity contribution in [1.82, 2.24) is 19.3 Å². The quantitative estimate of drug-likeness (QED) is 0.794. The summed E-state index contributed by atoms with van der Waals surface area (Å²) in [6.07, 6.45) is 0. The molecule has 0 bridgehead atoms. The minimum atomic E-state index is -0.856. The molecule has 0 aromatic carbocycles. The number of aryl methyl sites for hydroxylation is 2. The van der Waals surface area contributed by atoms with Crippen LogP contribution in [0.4, 0.5) is 0 Å². The molecule has 2 heterocycles. The molecule has 0 atom stereocenters. The van der Waals surface area contributed by atoms with Crippen molar-refractivity contribution in [2.75, 3.05) is 19.5 Å². The lowest BCUT2D eigenvalue weighted by Crippen LogP contribution is -2.09. The molecule has 2 rings (SSSR count). The second kappa shape index (κ2) is 5.62. The molecule has 0 aliphatic rings. The van der Waals surface area contributed by atoms with E-state index in [1.54, 1.807) is 11.8 Å². The normalized spacial score (nSPS) is 11.3. The predicted octanol–water partition coefficient (Wildman–Crippen LogP) is 0.901. The van der Waals surface area contributed by atoms with Crippen LogP contribution in [0.15, 0.2) is 5.16 Å². The van der Waals surface area contributed by atoms with Gasteiger partial charge < -0.3 is 14.4 Å². The van der Waals surface area contributed by atoms with Crippen LogP contribution in [-0.2, 0) is 23.1 Å². The Morgan fingerprint density at radius 1 is 1.53 bits per heavy atom. The Morgan fingerprint density at radius 3 is 2.89 bits per heavy atom. The lowest BCUT2D eigenvalue weighted by Gasteiger charge is -2.07. The number of aromatic nitrogens is 4. The van der Waals surface area contributed by atoms with Crippen molar-refractivity contribution in [1.29, 1.82) is 0 Å². The first-order valence-corrected chi connectivity index (χ1v) is 6.76. The lowest BCUT2D eigenvalue weighted by molar-refractivity contribution is -0.133. The molecule has 0 saturated carbocycles. The molecule has 0 aliphatic heterocycles. The Hall–Kier alpha value is -1.54. The number of nitrogens with zero attached hydrogens (tertiary/aromatic N) is 4. The van der Waals surface area contributed by atoms with Crippen LogP contribution in [0.1, 0.15) is 5.69 Å². The second-order valence-corrected chi connectivity index (χ2v) is 5.04. The molecular formula is C11H16N4O3S. The van der Waals surface area contributed by atoms with Gasteiger partial charge >= 0.3 is 5.97 Å². The Morgan fingerprint density at radius 2 is 2.26 bits per heavy atom. The van der Waals surface area contributed by atoms with E-state index >= 15 is 0 Å². The van der Waals surface area contributed by atoms with Crippen LogP contribution in [0, 0.1) is 6.92 Å². The van der Waals surface area contributed by atoms with Crippen LogP contribution in [0.2, 0.25) is 0 Å². The summed E-state index contributed by atoms with van der Waals surface area (Å²) in [6, 6.07) is 0. The summed E-state index contributed by atoms with van der Waals surface area (Å²) in [5.41, 5.74) is 2.54. The van der Waals surface area contributed by atoms with Crippen molar-refractivity contribution in [3.8, 4) is 0 Å². The van der Waals surface area contributed by atoms with E-state index in [0.29, 0.717) is 18.3 Å². The molecule has 0 unspecified atom stereocenters. The fourth-order valence-corrected chi connectivity index (χ4v) is 2.68. The molecule has 19 heavy (non-hydrogen) atoms. The van der Waals surface area contributed by atoms with Crippen LogP contribution in [-0.4, -0.2) is 49.9 Å². The largest absolute Gasteiger partial charge is 0.481 e. The molecular weight excluding hydrogens is 268 g/mol. The third-order valence-corrected chi connectivity index (χ3v) is 3.66. The van der Waals surface area contributed by atoms with Crippen molar-refractivity contribution < 1.29 is 14.6 Å². The van der Waals surface area contributed by atoms with Gasteiger partial charge in [-0.25, -0.2) is 4.98 Å². The van der Waals surface area contributed by atoms with Gasteiger partial charge in [-0.15, -0.1) is 0 Å². The second-order valence-electron chi connectivity index (χ2n) is 4.10. The van der Waals surface area contributed by atoms with Gasteiger partial charge in [0.15, 0.2) is 10.8 Å². The molecule has 0 radical (unpaired) electrons. The standard InChI is InChI=1S/C11H16N4O3S/c1-7-9-10(14(2)13-7)15(4-5-18-3)11(12-9)19-6-8(16)17/h4-6H2,1-3H3,(H,16,17). The molecule has 0 fully saturated rings. The molecule has 0 aliphatic carbocycles. The van der Waals surface area contributed by atoms with Gasteiger partial charge in [0, 0.05) is 14.2 Å². The molecule has 0 spiro atoms. The zero-order chi connectivity index (χ0) is 14.0. The smallest absolute Gasteiger partial charge is 0.313 e. The van der Waals surface area contributed by atoms with Gasteiger partial charge in [-0.05, 0) is 6.92 Å². The SMILES string of the molecule is COCCn1c(SCC(=O)O)nc2c(C)nn(C)c21. The first-order valence-electron chi connectivity index (χ1n) is 5.78. The van der Waals surface area contributed by atoms with Crippen LogP contribution < -0.4 is 0 Å². The highest BCUT2D eigenvalue weighted by Crippen LogP contribution is 2.25. The minimum Gasteiger partial charge on any atom is -0.481 e. The molecule has 2 aromatic heterocycles. The van der Waals surface area contributed by atoms with Crippen molar-refractivity contribution >= 4 is 28.9 Å². The molecule has 8 heteroatoms. The number of fused-ring (bicyclic) bond motifs is 1. The fourth-order valence-electron chi connectivity index (χ4n) is 1.94. The van der Waals surface area contributed by atoms with Crippen molar-refractivity contribution in [3.05, 3.63) is 5.69 Å². The molecule has 1 N–H and O–H groups in total. The predicted molar refractivity (Wildman–Crippen MR) is 71.5 cm³/mol. The number of hydrogen-bond acceptors (Lipinski definition) is 5. The highest BCUT2D eigenvalue weighted by Gasteiger charge is 2.18. The number of rotatable bonds is 6. The maximum Gasteiger partial charge on any atom is 0.313 e. The van der Waals surface area contributed by atoms with Gasteiger partial charge in [-0.3, -0.25) is 9.48 Å².